The first kappa shape index (κ1) is 33.7. The largest absolute Gasteiger partial charge is 0.494 e. The Morgan fingerprint density at radius 3 is 2.09 bits per heavy atom. The van der Waals surface area contributed by atoms with Crippen molar-refractivity contribution in [1.29, 1.82) is 0 Å². The van der Waals surface area contributed by atoms with Crippen LogP contribution in [0.3, 0.4) is 0 Å². The highest BCUT2D eigenvalue weighted by Gasteiger charge is 2.34. The number of amides is 2. The highest BCUT2D eigenvalue weighted by molar-refractivity contribution is 9.10. The van der Waals surface area contributed by atoms with Gasteiger partial charge in [-0.1, -0.05) is 76.1 Å². The Morgan fingerprint density at radius 2 is 1.49 bits per heavy atom. The maximum Gasteiger partial charge on any atom is 0.264 e. The molecule has 236 valence electrons. The highest BCUT2D eigenvalue weighted by atomic mass is 79.9. The zero-order valence-corrected chi connectivity index (χ0v) is 28.1. The van der Waals surface area contributed by atoms with Crippen LogP contribution in [0.15, 0.2) is 112 Å². The molecule has 0 bridgehead atoms. The summed E-state index contributed by atoms with van der Waals surface area (Å²) in [6, 6.07) is 29.1. The Bertz CT molecular complexity index is 1660. The van der Waals surface area contributed by atoms with E-state index >= 15 is 0 Å². The molecule has 0 fully saturated rings. The lowest BCUT2D eigenvalue weighted by atomic mass is 10.0. The number of nitrogens with zero attached hydrogens (tertiary/aromatic N) is 2. The summed E-state index contributed by atoms with van der Waals surface area (Å²) in [5.41, 5.74) is 2.95. The van der Waals surface area contributed by atoms with E-state index < -0.39 is 28.5 Å². The second-order valence-corrected chi connectivity index (χ2v) is 13.3. The monoisotopic (exact) mass is 691 g/mol. The predicted molar refractivity (Wildman–Crippen MR) is 181 cm³/mol. The minimum absolute atomic E-state index is 0.0170. The van der Waals surface area contributed by atoms with Crippen molar-refractivity contribution < 1.29 is 22.7 Å². The molecule has 0 aliphatic carbocycles. The third-order valence-electron chi connectivity index (χ3n) is 7.21. The molecule has 2 amide bonds. The topological polar surface area (TPSA) is 96.0 Å². The Balaban J connectivity index is 1.77. The molecule has 0 aliphatic heterocycles. The molecule has 0 saturated carbocycles. The van der Waals surface area contributed by atoms with Gasteiger partial charge in [-0.15, -0.1) is 0 Å². The minimum atomic E-state index is -4.20. The van der Waals surface area contributed by atoms with Gasteiger partial charge in [0.1, 0.15) is 18.3 Å². The summed E-state index contributed by atoms with van der Waals surface area (Å²) in [6.45, 7) is 5.99. The van der Waals surface area contributed by atoms with Crippen LogP contribution in [0.1, 0.15) is 30.5 Å². The number of likely N-dealkylation sites (N-methyl/N-ethyl adjacent to an activating group) is 1. The van der Waals surface area contributed by atoms with E-state index in [1.807, 2.05) is 75.4 Å². The van der Waals surface area contributed by atoms with Gasteiger partial charge in [0.15, 0.2) is 0 Å². The molecule has 10 heteroatoms. The van der Waals surface area contributed by atoms with Crippen molar-refractivity contribution >= 4 is 43.5 Å². The van der Waals surface area contributed by atoms with Gasteiger partial charge in [0.2, 0.25) is 11.8 Å². The molecule has 0 aromatic heterocycles. The van der Waals surface area contributed by atoms with E-state index in [1.165, 1.54) is 17.0 Å². The lowest BCUT2D eigenvalue weighted by Crippen LogP contribution is -2.53. The summed E-state index contributed by atoms with van der Waals surface area (Å²) in [7, 11) is -4.20. The number of nitrogens with one attached hydrogen (secondary N) is 1. The molecule has 0 saturated heterocycles. The van der Waals surface area contributed by atoms with Crippen molar-refractivity contribution in [2.75, 3.05) is 24.0 Å². The first-order chi connectivity index (χ1) is 21.6. The molecule has 0 aliphatic rings. The SMILES string of the molecule is CCNC(=O)C(Cc1ccccc1)N(Cc1ccc(Br)cc1)C(=O)CN(c1ccc(C)cc1)S(=O)(=O)c1ccc(OCC)cc1. The molecule has 0 heterocycles. The fourth-order valence-electron chi connectivity index (χ4n) is 4.87. The van der Waals surface area contributed by atoms with Gasteiger partial charge in [-0.3, -0.25) is 13.9 Å². The van der Waals surface area contributed by atoms with Crippen LogP contribution in [0, 0.1) is 6.92 Å². The van der Waals surface area contributed by atoms with Crippen molar-refractivity contribution in [3.63, 3.8) is 0 Å². The molecule has 4 rings (SSSR count). The number of ether oxygens (including phenoxy) is 1. The van der Waals surface area contributed by atoms with Gasteiger partial charge in [0.05, 0.1) is 17.2 Å². The van der Waals surface area contributed by atoms with Gasteiger partial charge in [0, 0.05) is 24.0 Å². The van der Waals surface area contributed by atoms with E-state index in [0.717, 1.165) is 25.5 Å². The quantitative estimate of drug-likeness (QED) is 0.172. The van der Waals surface area contributed by atoms with Gasteiger partial charge < -0.3 is 15.0 Å². The van der Waals surface area contributed by atoms with Crippen LogP contribution in [0.2, 0.25) is 0 Å². The first-order valence-electron chi connectivity index (χ1n) is 14.8. The maximum atomic E-state index is 14.4. The molecule has 8 nitrogen and oxygen atoms in total. The summed E-state index contributed by atoms with van der Waals surface area (Å²) in [4.78, 5) is 29.5. The number of aryl methyl sites for hydroxylation is 1. The Labute approximate surface area is 274 Å². The van der Waals surface area contributed by atoms with E-state index in [4.69, 9.17) is 4.74 Å². The fourth-order valence-corrected chi connectivity index (χ4v) is 6.55. The van der Waals surface area contributed by atoms with Crippen molar-refractivity contribution in [3.05, 3.63) is 124 Å². The molecule has 0 spiro atoms. The van der Waals surface area contributed by atoms with Gasteiger partial charge in [-0.25, -0.2) is 8.42 Å². The molecule has 1 N–H and O–H groups in total. The Morgan fingerprint density at radius 1 is 0.844 bits per heavy atom. The first-order valence-corrected chi connectivity index (χ1v) is 17.0. The number of sulfonamides is 1. The predicted octanol–water partition coefficient (Wildman–Crippen LogP) is 6.13. The number of carbonyl (C=O) groups is 2. The zero-order valence-electron chi connectivity index (χ0n) is 25.6. The second kappa shape index (κ2) is 15.7. The van der Waals surface area contributed by atoms with Gasteiger partial charge in [0.25, 0.3) is 10.0 Å². The van der Waals surface area contributed by atoms with Gasteiger partial charge in [-0.2, -0.15) is 0 Å². The van der Waals surface area contributed by atoms with E-state index in [1.54, 1.807) is 36.4 Å². The van der Waals surface area contributed by atoms with Crippen LogP contribution < -0.4 is 14.4 Å². The lowest BCUT2D eigenvalue weighted by Gasteiger charge is -2.34. The van der Waals surface area contributed by atoms with Crippen molar-refractivity contribution in [2.45, 2.75) is 44.7 Å². The molecular formula is C35H38BrN3O5S. The van der Waals surface area contributed by atoms with E-state index in [-0.39, 0.29) is 23.8 Å². The van der Waals surface area contributed by atoms with Crippen LogP contribution in [0.4, 0.5) is 5.69 Å². The summed E-state index contributed by atoms with van der Waals surface area (Å²) in [5, 5.41) is 2.87. The van der Waals surface area contributed by atoms with Crippen LogP contribution in [-0.2, 0) is 32.6 Å². The Kier molecular flexibility index (Phi) is 11.8. The molecule has 4 aromatic rings. The number of benzene rings is 4. The Hall–Kier alpha value is -4.15. The van der Waals surface area contributed by atoms with Crippen LogP contribution in [0.5, 0.6) is 5.75 Å². The summed E-state index contributed by atoms with van der Waals surface area (Å²) in [6.07, 6.45) is 0.255. The summed E-state index contributed by atoms with van der Waals surface area (Å²) in [5.74, 6) is -0.288. The number of anilines is 1. The normalized spacial score (nSPS) is 11.8. The minimum Gasteiger partial charge on any atom is -0.494 e. The van der Waals surface area contributed by atoms with Gasteiger partial charge in [-0.05, 0) is 80.4 Å². The smallest absolute Gasteiger partial charge is 0.264 e. The van der Waals surface area contributed by atoms with E-state index in [0.29, 0.717) is 24.6 Å². The maximum absolute atomic E-state index is 14.4. The molecule has 0 radical (unpaired) electrons. The number of hydrogen-bond acceptors (Lipinski definition) is 5. The third kappa shape index (κ3) is 8.95. The molecule has 1 atom stereocenters. The van der Waals surface area contributed by atoms with Crippen molar-refractivity contribution in [2.24, 2.45) is 0 Å². The highest BCUT2D eigenvalue weighted by Crippen LogP contribution is 2.27. The lowest BCUT2D eigenvalue weighted by molar-refractivity contribution is -0.140. The molecule has 4 aromatic carbocycles. The van der Waals surface area contributed by atoms with Crippen molar-refractivity contribution in [3.8, 4) is 5.75 Å². The molecule has 1 unspecified atom stereocenters. The van der Waals surface area contributed by atoms with E-state index in [2.05, 4.69) is 21.2 Å². The average Bonchev–Trinajstić information content (AvgIpc) is 3.04. The third-order valence-corrected chi connectivity index (χ3v) is 9.53. The van der Waals surface area contributed by atoms with Crippen molar-refractivity contribution in [1.82, 2.24) is 10.2 Å². The van der Waals surface area contributed by atoms with Crippen LogP contribution in [-0.4, -0.2) is 50.9 Å². The molecular weight excluding hydrogens is 654 g/mol. The van der Waals surface area contributed by atoms with Gasteiger partial charge >= 0.3 is 0 Å². The van der Waals surface area contributed by atoms with Crippen LogP contribution >= 0.6 is 15.9 Å². The van der Waals surface area contributed by atoms with Crippen LogP contribution in [0.25, 0.3) is 0 Å². The summed E-state index contributed by atoms with van der Waals surface area (Å²) >= 11 is 3.45. The number of carbonyl (C=O) groups excluding carboxylic acids is 2. The number of halogens is 1. The number of rotatable bonds is 14. The average molecular weight is 693 g/mol. The number of hydrogen-bond donors (Lipinski definition) is 1. The summed E-state index contributed by atoms with van der Waals surface area (Å²) < 4.78 is 35.8. The molecule has 45 heavy (non-hydrogen) atoms. The van der Waals surface area contributed by atoms with E-state index in [9.17, 15) is 18.0 Å². The second-order valence-electron chi connectivity index (χ2n) is 10.5. The standard InChI is InChI=1S/C35H38BrN3O5S/c1-4-37-35(41)33(23-27-9-7-6-8-10-27)38(24-28-13-15-29(36)16-14-28)34(40)25-39(30-17-11-26(3)12-18-30)45(42,43)32-21-19-31(20-22-32)44-5-2/h6-22,33H,4-5,23-25H2,1-3H3,(H,37,41). The fraction of sp³-hybridized carbons (Fsp3) is 0.257. The zero-order chi connectivity index (χ0) is 32.4.